The standard InChI is InChI=1S/C15H14BrF2N/c1-9-2-4-12(17)6-11(9)8-15(19)10-3-5-14(18)13(16)7-10/h2-7,15H,8,19H2,1H3. The second-order valence-corrected chi connectivity index (χ2v) is 5.41. The van der Waals surface area contributed by atoms with Crippen molar-refractivity contribution in [2.75, 3.05) is 0 Å². The van der Waals surface area contributed by atoms with Crippen LogP contribution in [0.25, 0.3) is 0 Å². The van der Waals surface area contributed by atoms with Gasteiger partial charge < -0.3 is 5.73 Å². The Kier molecular flexibility index (Phi) is 4.32. The minimum Gasteiger partial charge on any atom is -0.324 e. The molecule has 100 valence electrons. The van der Waals surface area contributed by atoms with E-state index in [2.05, 4.69) is 15.9 Å². The molecular formula is C15H14BrF2N. The molecule has 0 aliphatic rings. The minimum absolute atomic E-state index is 0.270. The van der Waals surface area contributed by atoms with Crippen LogP contribution in [0, 0.1) is 18.6 Å². The normalized spacial score (nSPS) is 12.5. The molecular weight excluding hydrogens is 312 g/mol. The van der Waals surface area contributed by atoms with Gasteiger partial charge in [-0.1, -0.05) is 12.1 Å². The lowest BCUT2D eigenvalue weighted by atomic mass is 9.97. The molecule has 1 nitrogen and oxygen atoms in total. The zero-order chi connectivity index (χ0) is 14.0. The fraction of sp³-hybridized carbons (Fsp3) is 0.200. The average molecular weight is 326 g/mol. The molecule has 2 N–H and O–H groups in total. The van der Waals surface area contributed by atoms with Crippen molar-refractivity contribution in [3.63, 3.8) is 0 Å². The highest BCUT2D eigenvalue weighted by molar-refractivity contribution is 9.10. The molecule has 0 amide bonds. The van der Waals surface area contributed by atoms with Crippen LogP contribution in [0.3, 0.4) is 0 Å². The van der Waals surface area contributed by atoms with Gasteiger partial charge in [-0.2, -0.15) is 0 Å². The summed E-state index contributed by atoms with van der Waals surface area (Å²) in [6, 6.07) is 9.05. The quantitative estimate of drug-likeness (QED) is 0.895. The Hall–Kier alpha value is -1.26. The van der Waals surface area contributed by atoms with Crippen LogP contribution in [-0.4, -0.2) is 0 Å². The van der Waals surface area contributed by atoms with Crippen molar-refractivity contribution in [2.45, 2.75) is 19.4 Å². The van der Waals surface area contributed by atoms with Gasteiger partial charge in [-0.3, -0.25) is 0 Å². The van der Waals surface area contributed by atoms with E-state index in [1.54, 1.807) is 18.2 Å². The first-order chi connectivity index (χ1) is 8.97. The van der Waals surface area contributed by atoms with Crippen molar-refractivity contribution >= 4 is 15.9 Å². The molecule has 4 heteroatoms. The second kappa shape index (κ2) is 5.80. The Labute approximate surface area is 119 Å². The van der Waals surface area contributed by atoms with Crippen molar-refractivity contribution in [3.8, 4) is 0 Å². The second-order valence-electron chi connectivity index (χ2n) is 4.55. The topological polar surface area (TPSA) is 26.0 Å². The number of rotatable bonds is 3. The average Bonchev–Trinajstić information content (AvgIpc) is 2.37. The number of hydrogen-bond donors (Lipinski definition) is 1. The van der Waals surface area contributed by atoms with Crippen LogP contribution in [0.2, 0.25) is 0 Å². The van der Waals surface area contributed by atoms with E-state index in [4.69, 9.17) is 5.73 Å². The SMILES string of the molecule is Cc1ccc(F)cc1CC(N)c1ccc(F)c(Br)c1. The van der Waals surface area contributed by atoms with E-state index in [1.165, 1.54) is 18.2 Å². The smallest absolute Gasteiger partial charge is 0.137 e. The summed E-state index contributed by atoms with van der Waals surface area (Å²) in [6.07, 6.45) is 0.516. The first-order valence-corrected chi connectivity index (χ1v) is 6.72. The lowest BCUT2D eigenvalue weighted by molar-refractivity contribution is 0.615. The first kappa shape index (κ1) is 14.2. The summed E-state index contributed by atoms with van der Waals surface area (Å²) in [4.78, 5) is 0. The minimum atomic E-state index is -0.321. The molecule has 0 aliphatic carbocycles. The Morgan fingerprint density at radius 3 is 2.58 bits per heavy atom. The molecule has 0 fully saturated rings. The fourth-order valence-corrected chi connectivity index (χ4v) is 2.35. The molecule has 2 aromatic rings. The van der Waals surface area contributed by atoms with Gasteiger partial charge in [-0.05, 0) is 70.2 Å². The summed E-state index contributed by atoms with van der Waals surface area (Å²) in [7, 11) is 0. The zero-order valence-electron chi connectivity index (χ0n) is 10.5. The summed E-state index contributed by atoms with van der Waals surface area (Å²) in [5.74, 6) is -0.592. The van der Waals surface area contributed by atoms with Gasteiger partial charge in [0.05, 0.1) is 4.47 Å². The Bertz CT molecular complexity index is 599. The number of nitrogens with two attached hydrogens (primary N) is 1. The van der Waals surface area contributed by atoms with Gasteiger partial charge >= 0.3 is 0 Å². The first-order valence-electron chi connectivity index (χ1n) is 5.93. The van der Waals surface area contributed by atoms with Gasteiger partial charge in [-0.15, -0.1) is 0 Å². The highest BCUT2D eigenvalue weighted by atomic mass is 79.9. The molecule has 0 aliphatic heterocycles. The Balaban J connectivity index is 2.22. The van der Waals surface area contributed by atoms with Crippen molar-refractivity contribution < 1.29 is 8.78 Å². The third kappa shape index (κ3) is 3.39. The highest BCUT2D eigenvalue weighted by Gasteiger charge is 2.11. The van der Waals surface area contributed by atoms with E-state index in [0.717, 1.165) is 16.7 Å². The lowest BCUT2D eigenvalue weighted by Gasteiger charge is -2.14. The number of hydrogen-bond acceptors (Lipinski definition) is 1. The van der Waals surface area contributed by atoms with E-state index in [0.29, 0.717) is 10.9 Å². The molecule has 0 radical (unpaired) electrons. The van der Waals surface area contributed by atoms with Crippen LogP contribution in [0.5, 0.6) is 0 Å². The molecule has 2 aromatic carbocycles. The molecule has 1 unspecified atom stereocenters. The molecule has 0 saturated heterocycles. The maximum Gasteiger partial charge on any atom is 0.137 e. The van der Waals surface area contributed by atoms with Gasteiger partial charge in [0.2, 0.25) is 0 Å². The van der Waals surface area contributed by atoms with Crippen LogP contribution < -0.4 is 5.73 Å². The molecule has 2 rings (SSSR count). The van der Waals surface area contributed by atoms with Crippen LogP contribution in [0.1, 0.15) is 22.7 Å². The maximum absolute atomic E-state index is 13.2. The molecule has 0 spiro atoms. The van der Waals surface area contributed by atoms with E-state index in [1.807, 2.05) is 6.92 Å². The summed E-state index contributed by atoms with van der Waals surface area (Å²) in [5.41, 5.74) is 8.78. The summed E-state index contributed by atoms with van der Waals surface area (Å²) < 4.78 is 26.8. The number of halogens is 3. The highest BCUT2D eigenvalue weighted by Crippen LogP contribution is 2.23. The lowest BCUT2D eigenvalue weighted by Crippen LogP contribution is -2.14. The zero-order valence-corrected chi connectivity index (χ0v) is 12.0. The van der Waals surface area contributed by atoms with Crippen LogP contribution >= 0.6 is 15.9 Å². The van der Waals surface area contributed by atoms with Gasteiger partial charge in [0.1, 0.15) is 11.6 Å². The molecule has 19 heavy (non-hydrogen) atoms. The fourth-order valence-electron chi connectivity index (χ4n) is 1.96. The summed E-state index contributed by atoms with van der Waals surface area (Å²) in [6.45, 7) is 1.92. The van der Waals surface area contributed by atoms with Crippen molar-refractivity contribution in [3.05, 3.63) is 69.2 Å². The van der Waals surface area contributed by atoms with Gasteiger partial charge in [0.25, 0.3) is 0 Å². The van der Waals surface area contributed by atoms with Crippen LogP contribution in [0.4, 0.5) is 8.78 Å². The molecule has 1 atom stereocenters. The van der Waals surface area contributed by atoms with E-state index >= 15 is 0 Å². The van der Waals surface area contributed by atoms with Gasteiger partial charge in [0, 0.05) is 6.04 Å². The van der Waals surface area contributed by atoms with Crippen LogP contribution in [-0.2, 0) is 6.42 Å². The predicted octanol–water partition coefficient (Wildman–Crippen LogP) is 4.28. The largest absolute Gasteiger partial charge is 0.324 e. The maximum atomic E-state index is 13.2. The van der Waals surface area contributed by atoms with E-state index < -0.39 is 0 Å². The van der Waals surface area contributed by atoms with Crippen LogP contribution in [0.15, 0.2) is 40.9 Å². The molecule has 0 aromatic heterocycles. The molecule has 0 bridgehead atoms. The van der Waals surface area contributed by atoms with Gasteiger partial charge in [0.15, 0.2) is 0 Å². The van der Waals surface area contributed by atoms with Crippen molar-refractivity contribution in [1.29, 1.82) is 0 Å². The Morgan fingerprint density at radius 1 is 1.16 bits per heavy atom. The molecule has 0 saturated carbocycles. The number of benzene rings is 2. The third-order valence-electron chi connectivity index (χ3n) is 3.12. The van der Waals surface area contributed by atoms with Crippen molar-refractivity contribution in [2.24, 2.45) is 5.73 Å². The Morgan fingerprint density at radius 2 is 1.89 bits per heavy atom. The van der Waals surface area contributed by atoms with E-state index in [9.17, 15) is 8.78 Å². The monoisotopic (exact) mass is 325 g/mol. The summed E-state index contributed by atoms with van der Waals surface area (Å²) >= 11 is 3.14. The van der Waals surface area contributed by atoms with Crippen molar-refractivity contribution in [1.82, 2.24) is 0 Å². The van der Waals surface area contributed by atoms with Gasteiger partial charge in [-0.25, -0.2) is 8.78 Å². The van der Waals surface area contributed by atoms with E-state index in [-0.39, 0.29) is 17.7 Å². The predicted molar refractivity (Wildman–Crippen MR) is 75.9 cm³/mol. The summed E-state index contributed by atoms with van der Waals surface area (Å²) in [5, 5.41) is 0. The number of aryl methyl sites for hydroxylation is 1. The molecule has 0 heterocycles. The third-order valence-corrected chi connectivity index (χ3v) is 3.73.